The highest BCUT2D eigenvalue weighted by molar-refractivity contribution is 5.78. The van der Waals surface area contributed by atoms with Crippen molar-refractivity contribution in [2.75, 3.05) is 13.2 Å². The summed E-state index contributed by atoms with van der Waals surface area (Å²) in [4.78, 5) is 11.7. The van der Waals surface area contributed by atoms with Crippen LogP contribution < -0.4 is 0 Å². The minimum absolute atomic E-state index is 0.418. The van der Waals surface area contributed by atoms with Crippen molar-refractivity contribution in [2.45, 2.75) is 45.4 Å². The predicted molar refractivity (Wildman–Crippen MR) is 59.7 cm³/mol. The average molecular weight is 210 g/mol. The van der Waals surface area contributed by atoms with Crippen LogP contribution in [-0.4, -0.2) is 19.0 Å². The fraction of sp³-hybridized carbons (Fsp3) is 0.923. The van der Waals surface area contributed by atoms with E-state index in [1.165, 1.54) is 25.7 Å². The summed E-state index contributed by atoms with van der Waals surface area (Å²) in [6, 6.07) is 0. The number of carbonyl (C=O) groups excluding carboxylic acids is 1. The van der Waals surface area contributed by atoms with E-state index in [9.17, 15) is 4.79 Å². The molecule has 0 spiro atoms. The van der Waals surface area contributed by atoms with E-state index in [4.69, 9.17) is 4.74 Å². The van der Waals surface area contributed by atoms with Crippen LogP contribution in [0.25, 0.3) is 0 Å². The van der Waals surface area contributed by atoms with Crippen LogP contribution in [0.2, 0.25) is 0 Å². The minimum Gasteiger partial charge on any atom is -0.381 e. The van der Waals surface area contributed by atoms with Crippen molar-refractivity contribution in [1.29, 1.82) is 0 Å². The summed E-state index contributed by atoms with van der Waals surface area (Å²) in [5, 5.41) is 0. The lowest BCUT2D eigenvalue weighted by Gasteiger charge is -2.20. The van der Waals surface area contributed by atoms with Crippen LogP contribution in [0, 0.1) is 17.8 Å². The summed E-state index contributed by atoms with van der Waals surface area (Å²) in [6.45, 7) is 3.32. The number of ether oxygens (including phenoxy) is 1. The third-order valence-electron chi connectivity index (χ3n) is 4.10. The van der Waals surface area contributed by atoms with E-state index in [2.05, 4.69) is 0 Å². The monoisotopic (exact) mass is 210 g/mol. The Kier molecular flexibility index (Phi) is 3.79. The van der Waals surface area contributed by atoms with Gasteiger partial charge in [-0.05, 0) is 43.9 Å². The zero-order valence-corrected chi connectivity index (χ0v) is 9.71. The number of ketones is 1. The molecular weight excluding hydrogens is 188 g/mol. The lowest BCUT2D eigenvalue weighted by atomic mass is 9.85. The summed E-state index contributed by atoms with van der Waals surface area (Å²) in [7, 11) is 0. The van der Waals surface area contributed by atoms with Gasteiger partial charge in [0.15, 0.2) is 0 Å². The molecule has 0 radical (unpaired) electrons. The zero-order chi connectivity index (χ0) is 10.7. The molecule has 2 rings (SSSR count). The van der Waals surface area contributed by atoms with Gasteiger partial charge >= 0.3 is 0 Å². The van der Waals surface area contributed by atoms with E-state index >= 15 is 0 Å². The summed E-state index contributed by atoms with van der Waals surface area (Å²) in [6.07, 6.45) is 6.99. The Balaban J connectivity index is 1.66. The second-order valence-electron chi connectivity index (χ2n) is 5.12. The van der Waals surface area contributed by atoms with E-state index in [0.717, 1.165) is 30.8 Å². The van der Waals surface area contributed by atoms with Crippen molar-refractivity contribution in [2.24, 2.45) is 17.8 Å². The molecule has 0 aromatic carbocycles. The molecule has 0 saturated heterocycles. The van der Waals surface area contributed by atoms with Gasteiger partial charge in [0.2, 0.25) is 0 Å². The van der Waals surface area contributed by atoms with Crippen LogP contribution in [0.5, 0.6) is 0 Å². The summed E-state index contributed by atoms with van der Waals surface area (Å²) >= 11 is 0. The molecule has 0 aromatic rings. The Bertz CT molecular complexity index is 225. The molecule has 86 valence electrons. The van der Waals surface area contributed by atoms with Crippen molar-refractivity contribution in [3.63, 3.8) is 0 Å². The van der Waals surface area contributed by atoms with Crippen LogP contribution in [0.1, 0.15) is 45.4 Å². The van der Waals surface area contributed by atoms with Crippen LogP contribution in [0.3, 0.4) is 0 Å². The van der Waals surface area contributed by atoms with Crippen LogP contribution >= 0.6 is 0 Å². The van der Waals surface area contributed by atoms with Crippen LogP contribution in [0.4, 0.5) is 0 Å². The molecular formula is C13H22O2. The molecule has 0 N–H and O–H groups in total. The van der Waals surface area contributed by atoms with Gasteiger partial charge in [-0.2, -0.15) is 0 Å². The maximum absolute atomic E-state index is 11.7. The summed E-state index contributed by atoms with van der Waals surface area (Å²) < 4.78 is 5.21. The molecule has 3 unspecified atom stereocenters. The SMILES string of the molecule is CCOCCC(=O)CC1CC2CCC1C2. The molecule has 0 aromatic heterocycles. The van der Waals surface area contributed by atoms with E-state index in [0.29, 0.717) is 18.8 Å². The number of hydrogen-bond acceptors (Lipinski definition) is 2. The Labute approximate surface area is 92.4 Å². The molecule has 15 heavy (non-hydrogen) atoms. The maximum Gasteiger partial charge on any atom is 0.135 e. The molecule has 2 saturated carbocycles. The topological polar surface area (TPSA) is 26.3 Å². The second kappa shape index (κ2) is 5.11. The molecule has 0 aliphatic heterocycles. The van der Waals surface area contributed by atoms with E-state index in [1.54, 1.807) is 0 Å². The van der Waals surface area contributed by atoms with Crippen LogP contribution in [0.15, 0.2) is 0 Å². The van der Waals surface area contributed by atoms with E-state index < -0.39 is 0 Å². The summed E-state index contributed by atoms with van der Waals surface area (Å²) in [5.74, 6) is 2.98. The molecule has 2 nitrogen and oxygen atoms in total. The molecule has 0 amide bonds. The van der Waals surface area contributed by atoms with Crippen molar-refractivity contribution in [1.82, 2.24) is 0 Å². The first-order valence-corrected chi connectivity index (χ1v) is 6.39. The first kappa shape index (κ1) is 11.1. The van der Waals surface area contributed by atoms with Crippen molar-refractivity contribution in [3.8, 4) is 0 Å². The number of rotatable bonds is 6. The van der Waals surface area contributed by atoms with Crippen molar-refractivity contribution < 1.29 is 9.53 Å². The molecule has 0 heterocycles. The number of carbonyl (C=O) groups is 1. The molecule has 2 bridgehead atoms. The van der Waals surface area contributed by atoms with Gasteiger partial charge in [0.1, 0.15) is 5.78 Å². The Hall–Kier alpha value is -0.370. The summed E-state index contributed by atoms with van der Waals surface area (Å²) in [5.41, 5.74) is 0. The fourth-order valence-corrected chi connectivity index (χ4v) is 3.35. The van der Waals surface area contributed by atoms with Gasteiger partial charge < -0.3 is 4.74 Å². The Morgan fingerprint density at radius 2 is 2.20 bits per heavy atom. The first-order chi connectivity index (χ1) is 7.29. The second-order valence-corrected chi connectivity index (χ2v) is 5.12. The van der Waals surface area contributed by atoms with Crippen molar-refractivity contribution >= 4 is 5.78 Å². The molecule has 3 atom stereocenters. The first-order valence-electron chi connectivity index (χ1n) is 6.39. The molecule has 2 aliphatic rings. The largest absolute Gasteiger partial charge is 0.381 e. The number of hydrogen-bond donors (Lipinski definition) is 0. The molecule has 2 aliphatic carbocycles. The van der Waals surface area contributed by atoms with Gasteiger partial charge in [-0.3, -0.25) is 4.79 Å². The lowest BCUT2D eigenvalue weighted by Crippen LogP contribution is -2.16. The Morgan fingerprint density at radius 1 is 1.33 bits per heavy atom. The Morgan fingerprint density at radius 3 is 2.80 bits per heavy atom. The smallest absolute Gasteiger partial charge is 0.135 e. The minimum atomic E-state index is 0.418. The van der Waals surface area contributed by atoms with E-state index in [-0.39, 0.29) is 0 Å². The number of fused-ring (bicyclic) bond motifs is 2. The maximum atomic E-state index is 11.7. The van der Waals surface area contributed by atoms with Gasteiger partial charge in [-0.25, -0.2) is 0 Å². The quantitative estimate of drug-likeness (QED) is 0.630. The van der Waals surface area contributed by atoms with Gasteiger partial charge in [-0.1, -0.05) is 6.42 Å². The zero-order valence-electron chi connectivity index (χ0n) is 9.71. The van der Waals surface area contributed by atoms with Gasteiger partial charge in [0.25, 0.3) is 0 Å². The van der Waals surface area contributed by atoms with Gasteiger partial charge in [-0.15, -0.1) is 0 Å². The lowest BCUT2D eigenvalue weighted by molar-refractivity contribution is -0.121. The van der Waals surface area contributed by atoms with Crippen molar-refractivity contribution in [3.05, 3.63) is 0 Å². The predicted octanol–water partition coefficient (Wildman–Crippen LogP) is 2.81. The van der Waals surface area contributed by atoms with E-state index in [1.807, 2.05) is 6.92 Å². The van der Waals surface area contributed by atoms with Gasteiger partial charge in [0.05, 0.1) is 6.61 Å². The normalized spacial score (nSPS) is 33.5. The molecule has 2 fully saturated rings. The highest BCUT2D eigenvalue weighted by atomic mass is 16.5. The highest BCUT2D eigenvalue weighted by Crippen LogP contribution is 2.49. The average Bonchev–Trinajstić information content (AvgIpc) is 2.79. The molecule has 2 heteroatoms. The highest BCUT2D eigenvalue weighted by Gasteiger charge is 2.39. The van der Waals surface area contributed by atoms with Crippen LogP contribution in [-0.2, 0) is 9.53 Å². The van der Waals surface area contributed by atoms with Gasteiger partial charge in [0, 0.05) is 19.4 Å². The fourth-order valence-electron chi connectivity index (χ4n) is 3.35. The third kappa shape index (κ3) is 2.81. The number of Topliss-reactive ketones (excluding diaryl/α,β-unsaturated/α-hetero) is 1. The third-order valence-corrected chi connectivity index (χ3v) is 4.10. The standard InChI is InChI=1S/C13H22O2/c1-2-15-6-5-13(14)9-12-8-10-3-4-11(12)7-10/h10-12H,2-9H2,1H3.